The molecule has 39 heavy (non-hydrogen) atoms. The van der Waals surface area contributed by atoms with Gasteiger partial charge in [-0.2, -0.15) is 0 Å². The maximum Gasteiger partial charge on any atom is 0.332 e. The highest BCUT2D eigenvalue weighted by Gasteiger charge is 2.21. The number of unbranched alkanes of at least 4 members (excludes halogenated alkanes) is 1. The Labute approximate surface area is 246 Å². The van der Waals surface area contributed by atoms with Crippen LogP contribution >= 0.6 is 34.0 Å². The van der Waals surface area contributed by atoms with Crippen molar-refractivity contribution in [3.63, 3.8) is 0 Å². The van der Waals surface area contributed by atoms with Crippen molar-refractivity contribution in [2.45, 2.75) is 45.2 Å². The lowest BCUT2D eigenvalue weighted by molar-refractivity contribution is -0.137. The van der Waals surface area contributed by atoms with E-state index in [0.717, 1.165) is 23.0 Å². The third-order valence-corrected chi connectivity index (χ3v) is 6.39. The van der Waals surface area contributed by atoms with Crippen molar-refractivity contribution in [1.29, 1.82) is 5.41 Å². The number of carbonyl (C=O) groups is 1. The van der Waals surface area contributed by atoms with Gasteiger partial charge >= 0.3 is 11.7 Å². The Balaban J connectivity index is 0.00000267. The highest BCUT2D eigenvalue weighted by atomic mass is 79.9. The highest BCUT2D eigenvalue weighted by Crippen LogP contribution is 2.24. The average Bonchev–Trinajstić information content (AvgIpc) is 3.27. The molecule has 0 amide bonds. The highest BCUT2D eigenvalue weighted by molar-refractivity contribution is 8.93. The molecule has 208 valence electrons. The molecule has 0 radical (unpaired) electrons. The third-order valence-electron chi connectivity index (χ3n) is 6.39. The smallest absolute Gasteiger partial charge is 0.332 e. The fourth-order valence-electron chi connectivity index (χ4n) is 4.47. The van der Waals surface area contributed by atoms with Gasteiger partial charge in [0, 0.05) is 37.7 Å². The predicted octanol–water partition coefficient (Wildman–Crippen LogP) is 3.89. The van der Waals surface area contributed by atoms with E-state index in [-0.39, 0.29) is 58.3 Å². The van der Waals surface area contributed by atoms with Gasteiger partial charge in [-0.1, -0.05) is 54.6 Å². The average molecular weight is 664 g/mol. The van der Waals surface area contributed by atoms with Crippen LogP contribution in [0, 0.1) is 5.41 Å². The normalized spacial score (nSPS) is 10.6. The minimum Gasteiger partial charge on any atom is -0.481 e. The molecule has 0 aliphatic rings. The number of benzene rings is 2. The number of carboxylic acids is 1. The molecule has 0 unspecified atom stereocenters. The van der Waals surface area contributed by atoms with Gasteiger partial charge in [0.1, 0.15) is 17.3 Å². The Kier molecular flexibility index (Phi) is 11.4. The van der Waals surface area contributed by atoms with Crippen LogP contribution in [-0.4, -0.2) is 35.6 Å². The van der Waals surface area contributed by atoms with Crippen molar-refractivity contribution in [2.75, 3.05) is 0 Å². The van der Waals surface area contributed by atoms with Crippen LogP contribution in [-0.2, 0) is 31.4 Å². The largest absolute Gasteiger partial charge is 0.481 e. The van der Waals surface area contributed by atoms with Crippen molar-refractivity contribution in [2.24, 2.45) is 12.8 Å². The number of hydrogen-bond acceptors (Lipinski definition) is 5. The number of halogens is 2. The van der Waals surface area contributed by atoms with E-state index in [1.807, 2.05) is 22.8 Å². The van der Waals surface area contributed by atoms with Crippen LogP contribution in [0.25, 0.3) is 22.6 Å². The first-order valence-electron chi connectivity index (χ1n) is 12.2. The van der Waals surface area contributed by atoms with Crippen molar-refractivity contribution in [3.05, 3.63) is 86.6 Å². The van der Waals surface area contributed by atoms with Gasteiger partial charge in [0.2, 0.25) is 0 Å². The SMILES string of the molecule is Br.Br.Cn1c(=O)n(CCCCC(=O)O)c(=O)c2nc(-c3ccc(C(=N)N)cc3)n(CCCc3ccccc3)c21. The topological polar surface area (TPSA) is 149 Å². The van der Waals surface area contributed by atoms with Crippen LogP contribution < -0.4 is 17.0 Å². The number of aryl methyl sites for hydroxylation is 3. The number of nitrogens with zero attached hydrogens (tertiary/aromatic N) is 4. The molecule has 0 aliphatic heterocycles. The van der Waals surface area contributed by atoms with Crippen LogP contribution in [0.15, 0.2) is 64.2 Å². The number of fused-ring (bicyclic) bond motifs is 1. The van der Waals surface area contributed by atoms with E-state index in [9.17, 15) is 14.4 Å². The zero-order chi connectivity index (χ0) is 26.5. The van der Waals surface area contributed by atoms with Gasteiger partial charge in [-0.25, -0.2) is 9.78 Å². The summed E-state index contributed by atoms with van der Waals surface area (Å²) in [6, 6.07) is 17.1. The molecule has 0 fully saturated rings. The number of carboxylic acid groups (broad SMARTS) is 1. The molecule has 0 saturated carbocycles. The number of aliphatic carboxylic acids is 1. The van der Waals surface area contributed by atoms with E-state index in [1.165, 1.54) is 10.1 Å². The van der Waals surface area contributed by atoms with Crippen LogP contribution in [0.3, 0.4) is 0 Å². The van der Waals surface area contributed by atoms with E-state index in [2.05, 4.69) is 12.1 Å². The predicted molar refractivity (Wildman–Crippen MR) is 163 cm³/mol. The quantitative estimate of drug-likeness (QED) is 0.126. The monoisotopic (exact) mass is 662 g/mol. The number of hydrogen-bond donors (Lipinski definition) is 3. The van der Waals surface area contributed by atoms with Crippen molar-refractivity contribution in [3.8, 4) is 11.4 Å². The van der Waals surface area contributed by atoms with Crippen LogP contribution in [0.4, 0.5) is 0 Å². The van der Waals surface area contributed by atoms with Gasteiger partial charge in [0.25, 0.3) is 5.56 Å². The molecular formula is C27H32Br2N6O4. The molecule has 0 spiro atoms. The number of amidine groups is 1. The van der Waals surface area contributed by atoms with E-state index in [4.69, 9.17) is 21.2 Å². The number of imidazole rings is 1. The first kappa shape index (κ1) is 31.7. The zero-order valence-corrected chi connectivity index (χ0v) is 24.9. The lowest BCUT2D eigenvalue weighted by atomic mass is 10.1. The fraction of sp³-hybridized carbons (Fsp3) is 0.296. The summed E-state index contributed by atoms with van der Waals surface area (Å²) in [5.74, 6) is -0.407. The van der Waals surface area contributed by atoms with E-state index in [0.29, 0.717) is 36.4 Å². The summed E-state index contributed by atoms with van der Waals surface area (Å²) in [5, 5.41) is 16.5. The molecule has 0 saturated heterocycles. The Morgan fingerprint density at radius 2 is 1.59 bits per heavy atom. The van der Waals surface area contributed by atoms with Gasteiger partial charge in [-0.3, -0.25) is 24.1 Å². The molecule has 2 heterocycles. The van der Waals surface area contributed by atoms with Crippen LogP contribution in [0.5, 0.6) is 0 Å². The number of rotatable bonds is 11. The van der Waals surface area contributed by atoms with Crippen molar-refractivity contribution in [1.82, 2.24) is 18.7 Å². The summed E-state index contributed by atoms with van der Waals surface area (Å²) in [4.78, 5) is 42.1. The number of nitrogen functional groups attached to an aromatic ring is 1. The lowest BCUT2D eigenvalue weighted by Gasteiger charge is -2.13. The Bertz CT molecular complexity index is 1560. The number of aromatic nitrogens is 4. The molecule has 4 aromatic rings. The summed E-state index contributed by atoms with van der Waals surface area (Å²) < 4.78 is 4.48. The minimum absolute atomic E-state index is 0. The van der Waals surface area contributed by atoms with Gasteiger partial charge in [-0.15, -0.1) is 34.0 Å². The standard InChI is InChI=1S/C27H30N6O4.2BrH/c1-31-25-22(26(36)33(27(31)37)16-6-5-11-21(34)35)30-24(20-14-12-19(13-15-20)23(28)29)32(25)17-7-10-18-8-3-2-4-9-18;;/h2-4,8-9,12-15H,5-7,10-11,16-17H2,1H3,(H3,28,29)(H,34,35);2*1H. The molecule has 10 nitrogen and oxygen atoms in total. The second kappa shape index (κ2) is 14.0. The summed E-state index contributed by atoms with van der Waals surface area (Å²) in [5.41, 5.74) is 7.78. The number of nitrogens with one attached hydrogen (secondary N) is 1. The van der Waals surface area contributed by atoms with Crippen molar-refractivity contribution >= 4 is 56.9 Å². The Hall–Kier alpha value is -3.51. The summed E-state index contributed by atoms with van der Waals surface area (Å²) in [6.07, 6.45) is 2.32. The fourth-order valence-corrected chi connectivity index (χ4v) is 4.47. The second-order valence-electron chi connectivity index (χ2n) is 8.99. The van der Waals surface area contributed by atoms with Gasteiger partial charge in [0.15, 0.2) is 5.52 Å². The van der Waals surface area contributed by atoms with Crippen LogP contribution in [0.2, 0.25) is 0 Å². The van der Waals surface area contributed by atoms with E-state index in [1.54, 1.807) is 31.3 Å². The lowest BCUT2D eigenvalue weighted by Crippen LogP contribution is -2.39. The van der Waals surface area contributed by atoms with Crippen molar-refractivity contribution < 1.29 is 9.90 Å². The molecule has 0 bridgehead atoms. The number of nitrogens with two attached hydrogens (primary N) is 1. The third kappa shape index (κ3) is 7.12. The Morgan fingerprint density at radius 1 is 0.949 bits per heavy atom. The van der Waals surface area contributed by atoms with E-state index < -0.39 is 17.2 Å². The maximum atomic E-state index is 13.4. The molecule has 12 heteroatoms. The molecular weight excluding hydrogens is 632 g/mol. The van der Waals surface area contributed by atoms with E-state index >= 15 is 0 Å². The van der Waals surface area contributed by atoms with Crippen LogP contribution in [0.1, 0.15) is 36.8 Å². The summed E-state index contributed by atoms with van der Waals surface area (Å²) in [7, 11) is 1.62. The van der Waals surface area contributed by atoms with Gasteiger partial charge < -0.3 is 15.4 Å². The molecule has 4 rings (SSSR count). The summed E-state index contributed by atoms with van der Waals surface area (Å²) >= 11 is 0. The summed E-state index contributed by atoms with van der Waals surface area (Å²) in [6.45, 7) is 0.656. The zero-order valence-electron chi connectivity index (χ0n) is 21.5. The Morgan fingerprint density at radius 3 is 2.21 bits per heavy atom. The van der Waals surface area contributed by atoms with Gasteiger partial charge in [-0.05, 0) is 31.2 Å². The first-order valence-corrected chi connectivity index (χ1v) is 12.2. The molecule has 0 aliphatic carbocycles. The second-order valence-corrected chi connectivity index (χ2v) is 8.99. The minimum atomic E-state index is -0.912. The molecule has 2 aromatic carbocycles. The molecule has 4 N–H and O–H groups in total. The molecule has 2 aromatic heterocycles. The van der Waals surface area contributed by atoms with Gasteiger partial charge in [0.05, 0.1) is 0 Å². The maximum absolute atomic E-state index is 13.4. The molecule has 0 atom stereocenters. The first-order chi connectivity index (χ1) is 17.8.